The third-order valence-corrected chi connectivity index (χ3v) is 5.30. The summed E-state index contributed by atoms with van der Waals surface area (Å²) in [6.45, 7) is 5.33. The first kappa shape index (κ1) is 24.7. The van der Waals surface area contributed by atoms with Crippen LogP contribution in [0.3, 0.4) is 0 Å². The minimum atomic E-state index is -0.132. The standard InChI is InChI=1S/C20H30N4O2.2ClH/c21-8-9-22-19(25)18-7-4-12-24(15-18)20(26)17-6-3-5-16(13-17)14-23-10-1-2-11-23;;/h3,5-6,13,18H,1-2,4,7-12,14-15,21H2,(H,22,25);2*1H. The van der Waals surface area contributed by atoms with Gasteiger partial charge in [0.15, 0.2) is 0 Å². The summed E-state index contributed by atoms with van der Waals surface area (Å²) in [6.07, 6.45) is 4.22. The molecule has 0 spiro atoms. The Labute approximate surface area is 180 Å². The Balaban J connectivity index is 0.00000196. The Kier molecular flexibility index (Phi) is 10.8. The van der Waals surface area contributed by atoms with Gasteiger partial charge >= 0.3 is 0 Å². The van der Waals surface area contributed by atoms with Crippen molar-refractivity contribution in [1.29, 1.82) is 0 Å². The van der Waals surface area contributed by atoms with Gasteiger partial charge < -0.3 is 16.0 Å². The Morgan fingerprint density at radius 1 is 1.11 bits per heavy atom. The normalized spacial score (nSPS) is 19.5. The van der Waals surface area contributed by atoms with Crippen molar-refractivity contribution >= 4 is 36.6 Å². The van der Waals surface area contributed by atoms with Crippen molar-refractivity contribution in [1.82, 2.24) is 15.1 Å². The average molecular weight is 431 g/mol. The predicted octanol–water partition coefficient (Wildman–Crippen LogP) is 2.05. The number of carbonyl (C=O) groups is 2. The summed E-state index contributed by atoms with van der Waals surface area (Å²) in [5, 5.41) is 2.84. The van der Waals surface area contributed by atoms with Crippen molar-refractivity contribution in [3.05, 3.63) is 35.4 Å². The molecule has 2 fully saturated rings. The largest absolute Gasteiger partial charge is 0.355 e. The summed E-state index contributed by atoms with van der Waals surface area (Å²) in [5.41, 5.74) is 7.36. The third kappa shape index (κ3) is 6.62. The van der Waals surface area contributed by atoms with Crippen LogP contribution in [0.4, 0.5) is 0 Å². The smallest absolute Gasteiger partial charge is 0.253 e. The first-order valence-electron chi connectivity index (χ1n) is 9.75. The number of benzene rings is 1. The highest BCUT2D eigenvalue weighted by Gasteiger charge is 2.28. The number of nitrogens with two attached hydrogens (primary N) is 1. The lowest BCUT2D eigenvalue weighted by atomic mass is 9.96. The van der Waals surface area contributed by atoms with Gasteiger partial charge in [0.05, 0.1) is 5.92 Å². The summed E-state index contributed by atoms with van der Waals surface area (Å²) in [7, 11) is 0. The van der Waals surface area contributed by atoms with E-state index in [1.165, 1.54) is 18.4 Å². The predicted molar refractivity (Wildman–Crippen MR) is 116 cm³/mol. The molecule has 2 heterocycles. The van der Waals surface area contributed by atoms with Gasteiger partial charge in [-0.1, -0.05) is 12.1 Å². The fourth-order valence-corrected chi connectivity index (χ4v) is 3.90. The molecule has 0 saturated carbocycles. The number of nitrogens with one attached hydrogen (secondary N) is 1. The maximum Gasteiger partial charge on any atom is 0.253 e. The summed E-state index contributed by atoms with van der Waals surface area (Å²) >= 11 is 0. The van der Waals surface area contributed by atoms with Crippen molar-refractivity contribution in [3.8, 4) is 0 Å². The number of carbonyl (C=O) groups excluding carboxylic acids is 2. The first-order valence-corrected chi connectivity index (χ1v) is 9.75. The van der Waals surface area contributed by atoms with E-state index < -0.39 is 0 Å². The molecule has 2 saturated heterocycles. The van der Waals surface area contributed by atoms with Gasteiger partial charge in [-0.2, -0.15) is 0 Å². The van der Waals surface area contributed by atoms with Crippen LogP contribution in [0.2, 0.25) is 0 Å². The highest BCUT2D eigenvalue weighted by Crippen LogP contribution is 2.20. The lowest BCUT2D eigenvalue weighted by Gasteiger charge is -2.32. The van der Waals surface area contributed by atoms with Crippen molar-refractivity contribution in [3.63, 3.8) is 0 Å². The minimum absolute atomic E-state index is 0. The van der Waals surface area contributed by atoms with Gasteiger partial charge in [-0.15, -0.1) is 24.8 Å². The van der Waals surface area contributed by atoms with E-state index in [4.69, 9.17) is 5.73 Å². The van der Waals surface area contributed by atoms with Crippen LogP contribution in [-0.4, -0.2) is 60.9 Å². The molecule has 3 rings (SSSR count). The van der Waals surface area contributed by atoms with Crippen molar-refractivity contribution < 1.29 is 9.59 Å². The van der Waals surface area contributed by atoms with E-state index in [9.17, 15) is 9.59 Å². The average Bonchev–Trinajstić information content (AvgIpc) is 3.19. The highest BCUT2D eigenvalue weighted by molar-refractivity contribution is 5.95. The second-order valence-corrected chi connectivity index (χ2v) is 7.35. The second kappa shape index (κ2) is 12.3. The summed E-state index contributed by atoms with van der Waals surface area (Å²) in [6, 6.07) is 7.95. The van der Waals surface area contributed by atoms with E-state index >= 15 is 0 Å². The molecule has 0 aliphatic carbocycles. The Morgan fingerprint density at radius 2 is 1.86 bits per heavy atom. The van der Waals surface area contributed by atoms with E-state index in [1.54, 1.807) is 0 Å². The second-order valence-electron chi connectivity index (χ2n) is 7.35. The summed E-state index contributed by atoms with van der Waals surface area (Å²) in [4.78, 5) is 29.4. The van der Waals surface area contributed by atoms with Crippen LogP contribution in [0.25, 0.3) is 0 Å². The number of nitrogens with zero attached hydrogens (tertiary/aromatic N) is 2. The van der Waals surface area contributed by atoms with Gasteiger partial charge in [-0.3, -0.25) is 14.5 Å². The molecule has 0 aromatic heterocycles. The number of piperidine rings is 1. The zero-order valence-electron chi connectivity index (χ0n) is 16.3. The molecule has 6 nitrogen and oxygen atoms in total. The van der Waals surface area contributed by atoms with Gasteiger partial charge in [0.25, 0.3) is 5.91 Å². The maximum absolute atomic E-state index is 12.9. The molecule has 2 aliphatic heterocycles. The molecule has 1 aromatic carbocycles. The van der Waals surface area contributed by atoms with E-state index in [-0.39, 0.29) is 42.5 Å². The van der Waals surface area contributed by atoms with Gasteiger partial charge in [0, 0.05) is 38.3 Å². The molecule has 8 heteroatoms. The molecule has 2 aliphatic rings. The van der Waals surface area contributed by atoms with E-state index in [2.05, 4.69) is 16.3 Å². The first-order chi connectivity index (χ1) is 12.7. The number of amides is 2. The van der Waals surface area contributed by atoms with Gasteiger partial charge in [0.2, 0.25) is 5.91 Å². The highest BCUT2D eigenvalue weighted by atomic mass is 35.5. The molecular weight excluding hydrogens is 399 g/mol. The Morgan fingerprint density at radius 3 is 2.57 bits per heavy atom. The van der Waals surface area contributed by atoms with Crippen LogP contribution >= 0.6 is 24.8 Å². The lowest BCUT2D eigenvalue weighted by molar-refractivity contribution is -0.126. The van der Waals surface area contributed by atoms with Crippen LogP contribution in [0.1, 0.15) is 41.6 Å². The molecular formula is C20H32Cl2N4O2. The summed E-state index contributed by atoms with van der Waals surface area (Å²) in [5.74, 6) is -0.0904. The van der Waals surface area contributed by atoms with Crippen LogP contribution in [0, 0.1) is 5.92 Å². The molecule has 158 valence electrons. The molecule has 1 aromatic rings. The van der Waals surface area contributed by atoms with E-state index in [1.807, 2.05) is 23.1 Å². The Bertz CT molecular complexity index is 638. The van der Waals surface area contributed by atoms with Crippen molar-refractivity contribution in [2.75, 3.05) is 39.3 Å². The molecule has 1 unspecified atom stereocenters. The number of halogens is 2. The fraction of sp³-hybridized carbons (Fsp3) is 0.600. The number of hydrogen-bond acceptors (Lipinski definition) is 4. The maximum atomic E-state index is 12.9. The van der Waals surface area contributed by atoms with Gasteiger partial charge in [0.1, 0.15) is 0 Å². The molecule has 28 heavy (non-hydrogen) atoms. The number of hydrogen-bond donors (Lipinski definition) is 2. The minimum Gasteiger partial charge on any atom is -0.355 e. The number of rotatable bonds is 6. The van der Waals surface area contributed by atoms with E-state index in [0.29, 0.717) is 19.6 Å². The zero-order chi connectivity index (χ0) is 18.4. The topological polar surface area (TPSA) is 78.7 Å². The van der Waals surface area contributed by atoms with Crippen molar-refractivity contribution in [2.45, 2.75) is 32.2 Å². The number of likely N-dealkylation sites (tertiary alicyclic amines) is 2. The van der Waals surface area contributed by atoms with Crippen LogP contribution in [-0.2, 0) is 11.3 Å². The van der Waals surface area contributed by atoms with Gasteiger partial charge in [-0.25, -0.2) is 0 Å². The summed E-state index contributed by atoms with van der Waals surface area (Å²) < 4.78 is 0. The van der Waals surface area contributed by atoms with Crippen LogP contribution in [0.15, 0.2) is 24.3 Å². The van der Waals surface area contributed by atoms with Crippen molar-refractivity contribution in [2.24, 2.45) is 11.7 Å². The van der Waals surface area contributed by atoms with Gasteiger partial charge in [-0.05, 0) is 56.5 Å². The SMILES string of the molecule is Cl.Cl.NCCNC(=O)C1CCCN(C(=O)c2cccc(CN3CCCC3)c2)C1. The van der Waals surface area contributed by atoms with Crippen LogP contribution in [0.5, 0.6) is 0 Å². The lowest BCUT2D eigenvalue weighted by Crippen LogP contribution is -2.46. The molecule has 0 radical (unpaired) electrons. The monoisotopic (exact) mass is 430 g/mol. The third-order valence-electron chi connectivity index (χ3n) is 5.30. The molecule has 3 N–H and O–H groups in total. The molecule has 0 bridgehead atoms. The Hall–Kier alpha value is -1.34. The van der Waals surface area contributed by atoms with E-state index in [0.717, 1.165) is 44.6 Å². The molecule has 2 amide bonds. The fourth-order valence-electron chi connectivity index (χ4n) is 3.90. The molecule has 1 atom stereocenters. The quantitative estimate of drug-likeness (QED) is 0.723. The van der Waals surface area contributed by atoms with Crippen LogP contribution < -0.4 is 11.1 Å². The zero-order valence-corrected chi connectivity index (χ0v) is 17.9.